The normalized spacial score (nSPS) is 26.0. The highest BCUT2D eigenvalue weighted by molar-refractivity contribution is 7.85. The number of carbonyl (C=O) groups excluding carboxylic acids is 1. The van der Waals surface area contributed by atoms with Gasteiger partial charge in [-0.15, -0.1) is 0 Å². The molecule has 0 N–H and O–H groups in total. The minimum absolute atomic E-state index is 0.163. The maximum atomic E-state index is 14.5. The lowest BCUT2D eigenvalue weighted by Crippen LogP contribution is -2.57. The van der Waals surface area contributed by atoms with E-state index in [0.717, 1.165) is 37.7 Å². The molecule has 3 aromatic carbocycles. The number of ether oxygens (including phenoxy) is 4. The van der Waals surface area contributed by atoms with E-state index >= 15 is 0 Å². The number of rotatable bonds is 8. The number of morpholine rings is 1. The number of carbonyl (C=O) groups is 1. The third kappa shape index (κ3) is 5.73. The van der Waals surface area contributed by atoms with Crippen LogP contribution >= 0.6 is 23.2 Å². The molecule has 2 fully saturated rings. The third-order valence-corrected chi connectivity index (χ3v) is 12.9. The zero-order valence-corrected chi connectivity index (χ0v) is 28.2. The van der Waals surface area contributed by atoms with Crippen LogP contribution in [0.3, 0.4) is 0 Å². The van der Waals surface area contributed by atoms with E-state index in [0.29, 0.717) is 70.7 Å². The third-order valence-electron chi connectivity index (χ3n) is 10.0. The summed E-state index contributed by atoms with van der Waals surface area (Å²) in [6.45, 7) is 1.14. The van der Waals surface area contributed by atoms with Crippen LogP contribution in [0.1, 0.15) is 65.6 Å². The van der Waals surface area contributed by atoms with Crippen LogP contribution in [0.2, 0.25) is 10.0 Å². The number of fused-ring (bicyclic) bond motifs is 2. The Morgan fingerprint density at radius 3 is 2.36 bits per heavy atom. The monoisotopic (exact) mass is 671 g/mol. The largest absolute Gasteiger partial charge is 0.493 e. The summed E-state index contributed by atoms with van der Waals surface area (Å²) in [5, 5.41) is 0.888. The van der Waals surface area contributed by atoms with Gasteiger partial charge in [-0.2, -0.15) is 0 Å². The van der Waals surface area contributed by atoms with Crippen molar-refractivity contribution in [3.63, 3.8) is 0 Å². The maximum absolute atomic E-state index is 14.5. The van der Waals surface area contributed by atoms with E-state index in [2.05, 4.69) is 18.2 Å². The Bertz CT molecular complexity index is 1580. The van der Waals surface area contributed by atoms with Gasteiger partial charge in [0.2, 0.25) is 5.75 Å². The van der Waals surface area contributed by atoms with Gasteiger partial charge in [0.25, 0.3) is 5.91 Å². The molecule has 10 heteroatoms. The molecule has 3 aromatic rings. The fourth-order valence-corrected chi connectivity index (χ4v) is 9.83. The van der Waals surface area contributed by atoms with Crippen molar-refractivity contribution in [3.05, 3.63) is 86.9 Å². The van der Waals surface area contributed by atoms with Gasteiger partial charge in [-0.1, -0.05) is 53.5 Å². The Balaban J connectivity index is 1.31. The van der Waals surface area contributed by atoms with Gasteiger partial charge in [-0.3, -0.25) is 9.00 Å². The fraction of sp³-hybridized carbons (Fsp3) is 0.457. The molecule has 1 amide bonds. The van der Waals surface area contributed by atoms with Gasteiger partial charge >= 0.3 is 0 Å². The Hall–Kier alpha value is -2.78. The molecule has 2 atom stereocenters. The first-order valence-electron chi connectivity index (χ1n) is 15.4. The second-order valence-corrected chi connectivity index (χ2v) is 14.8. The average molecular weight is 673 g/mol. The molecule has 0 bridgehead atoms. The number of methoxy groups -OCH3 is 3. The molecule has 2 heterocycles. The zero-order chi connectivity index (χ0) is 31.8. The number of hydrogen-bond donors (Lipinski definition) is 0. The molecule has 1 saturated heterocycles. The molecular formula is C35H39Cl2NO6S. The van der Waals surface area contributed by atoms with Crippen LogP contribution in [0.15, 0.2) is 54.6 Å². The summed E-state index contributed by atoms with van der Waals surface area (Å²) in [5.41, 5.74) is 3.04. The van der Waals surface area contributed by atoms with Crippen molar-refractivity contribution in [1.82, 2.24) is 4.90 Å². The lowest BCUT2D eigenvalue weighted by atomic mass is 9.73. The number of benzene rings is 3. The SMILES string of the molecule is COc1cc(C(=O)N2CCOC[C@]2(CCC2CCC3(CC2)c2ccccc2CS3=O)c2ccc(Cl)c(Cl)c2)cc(OC)c1OC. The fourth-order valence-electron chi connectivity index (χ4n) is 7.59. The molecule has 240 valence electrons. The van der Waals surface area contributed by atoms with Crippen molar-refractivity contribution >= 4 is 39.9 Å². The summed E-state index contributed by atoms with van der Waals surface area (Å²) in [4.78, 5) is 16.4. The predicted octanol–water partition coefficient (Wildman–Crippen LogP) is 7.52. The summed E-state index contributed by atoms with van der Waals surface area (Å²) in [5.74, 6) is 2.17. The maximum Gasteiger partial charge on any atom is 0.255 e. The molecule has 1 unspecified atom stereocenters. The first-order chi connectivity index (χ1) is 21.8. The van der Waals surface area contributed by atoms with E-state index in [-0.39, 0.29) is 10.7 Å². The van der Waals surface area contributed by atoms with Gasteiger partial charge in [0.05, 0.1) is 54.9 Å². The average Bonchev–Trinajstić information content (AvgIpc) is 3.34. The predicted molar refractivity (Wildman–Crippen MR) is 177 cm³/mol. The van der Waals surface area contributed by atoms with Crippen molar-refractivity contribution in [2.24, 2.45) is 5.92 Å². The molecule has 1 saturated carbocycles. The van der Waals surface area contributed by atoms with Gasteiger partial charge in [0.1, 0.15) is 0 Å². The van der Waals surface area contributed by atoms with Crippen molar-refractivity contribution in [2.75, 3.05) is 41.1 Å². The Morgan fingerprint density at radius 2 is 1.69 bits per heavy atom. The smallest absolute Gasteiger partial charge is 0.255 e. The molecule has 6 rings (SSSR count). The van der Waals surface area contributed by atoms with Crippen LogP contribution in [0.5, 0.6) is 17.2 Å². The molecule has 1 spiro atoms. The molecule has 3 aliphatic rings. The van der Waals surface area contributed by atoms with E-state index in [1.165, 1.54) is 32.5 Å². The van der Waals surface area contributed by atoms with Crippen molar-refractivity contribution in [2.45, 2.75) is 54.6 Å². The van der Waals surface area contributed by atoms with E-state index in [9.17, 15) is 9.00 Å². The first-order valence-corrected chi connectivity index (χ1v) is 17.5. The van der Waals surface area contributed by atoms with Crippen molar-refractivity contribution < 1.29 is 28.0 Å². The second-order valence-electron chi connectivity index (χ2n) is 12.2. The first kappa shape index (κ1) is 32.2. The lowest BCUT2D eigenvalue weighted by molar-refractivity contribution is -0.0632. The number of amides is 1. The molecule has 7 nitrogen and oxygen atoms in total. The topological polar surface area (TPSA) is 74.3 Å². The minimum Gasteiger partial charge on any atom is -0.493 e. The van der Waals surface area contributed by atoms with Crippen molar-refractivity contribution in [1.29, 1.82) is 0 Å². The van der Waals surface area contributed by atoms with Crippen LogP contribution < -0.4 is 14.2 Å². The molecule has 0 aromatic heterocycles. The van der Waals surface area contributed by atoms with Crippen LogP contribution in [-0.4, -0.2) is 56.1 Å². The number of nitrogens with zero attached hydrogens (tertiary/aromatic N) is 1. The Labute approximate surface area is 277 Å². The molecular weight excluding hydrogens is 633 g/mol. The second kappa shape index (κ2) is 13.1. The number of halogens is 2. The molecule has 1 aliphatic carbocycles. The number of hydrogen-bond acceptors (Lipinski definition) is 6. The van der Waals surface area contributed by atoms with Crippen LogP contribution in [0.4, 0.5) is 0 Å². The van der Waals surface area contributed by atoms with E-state index in [1.807, 2.05) is 23.1 Å². The van der Waals surface area contributed by atoms with Gasteiger partial charge in [0.15, 0.2) is 11.5 Å². The standard InChI is InChI=1S/C35H39Cl2NO6S/c1-41-30-18-25(19-31(42-2)32(30)43-3)33(39)38-16-17-44-22-34(38,26-8-9-28(36)29(37)20-26)13-10-23-11-14-35(15-12-23)27-7-5-4-6-24(27)21-45(35)40/h4-9,18-20,23H,10-17,21-22H2,1-3H3/t23?,34-,35?,45?/m1/s1. The molecule has 2 aliphatic heterocycles. The minimum atomic E-state index is -0.901. The summed E-state index contributed by atoms with van der Waals surface area (Å²) in [7, 11) is 3.71. The van der Waals surface area contributed by atoms with Gasteiger partial charge < -0.3 is 23.8 Å². The van der Waals surface area contributed by atoms with Gasteiger partial charge in [-0.05, 0) is 85.4 Å². The van der Waals surface area contributed by atoms with Gasteiger partial charge in [-0.25, -0.2) is 0 Å². The quantitative estimate of drug-likeness (QED) is 0.247. The summed E-state index contributed by atoms with van der Waals surface area (Å²) < 4.78 is 35.9. The molecule has 45 heavy (non-hydrogen) atoms. The highest BCUT2D eigenvalue weighted by atomic mass is 35.5. The Kier molecular flexibility index (Phi) is 9.40. The summed E-state index contributed by atoms with van der Waals surface area (Å²) >= 11 is 12.9. The molecule has 0 radical (unpaired) electrons. The highest BCUT2D eigenvalue weighted by Gasteiger charge is 2.49. The van der Waals surface area contributed by atoms with E-state index < -0.39 is 16.3 Å². The van der Waals surface area contributed by atoms with Gasteiger partial charge in [0, 0.05) is 28.7 Å². The highest BCUT2D eigenvalue weighted by Crippen LogP contribution is 2.52. The Morgan fingerprint density at radius 1 is 0.978 bits per heavy atom. The zero-order valence-electron chi connectivity index (χ0n) is 25.9. The lowest BCUT2D eigenvalue weighted by Gasteiger charge is -2.48. The summed E-state index contributed by atoms with van der Waals surface area (Å²) in [6, 6.07) is 17.4. The van der Waals surface area contributed by atoms with Crippen LogP contribution in [0.25, 0.3) is 0 Å². The van der Waals surface area contributed by atoms with Crippen LogP contribution in [0, 0.1) is 5.92 Å². The van der Waals surface area contributed by atoms with E-state index in [4.69, 9.17) is 42.1 Å². The van der Waals surface area contributed by atoms with Crippen molar-refractivity contribution in [3.8, 4) is 17.2 Å². The summed E-state index contributed by atoms with van der Waals surface area (Å²) in [6.07, 6.45) is 5.35. The van der Waals surface area contributed by atoms with Crippen LogP contribution in [-0.2, 0) is 31.6 Å². The van der Waals surface area contributed by atoms with E-state index in [1.54, 1.807) is 18.2 Å².